The van der Waals surface area contributed by atoms with Crippen LogP contribution in [0.5, 0.6) is 0 Å². The largest absolute Gasteiger partial charge is 0.364 e. The summed E-state index contributed by atoms with van der Waals surface area (Å²) in [4.78, 5) is 0. The van der Waals surface area contributed by atoms with Gasteiger partial charge in [-0.2, -0.15) is 0 Å². The van der Waals surface area contributed by atoms with E-state index in [1.807, 2.05) is 0 Å². The maximum absolute atomic E-state index is 6.61. The highest BCUT2D eigenvalue weighted by Crippen LogP contribution is 2.74. The minimum Gasteiger partial charge on any atom is -0.364 e. The molecule has 3 fully saturated rings. The third kappa shape index (κ3) is 1.29. The maximum atomic E-state index is 6.61. The number of rotatable bonds is 1. The Bertz CT molecular complexity index is 613. The predicted molar refractivity (Wildman–Crippen MR) is 89.4 cm³/mol. The Morgan fingerprint density at radius 2 is 2.05 bits per heavy atom. The van der Waals surface area contributed by atoms with Crippen molar-refractivity contribution >= 4 is 0 Å². The van der Waals surface area contributed by atoms with Crippen molar-refractivity contribution in [3.63, 3.8) is 0 Å². The highest BCUT2D eigenvalue weighted by Gasteiger charge is 2.77. The number of hydrogen-bond acceptors (Lipinski definition) is 1. The molecule has 1 nitrogen and oxygen atoms in total. The maximum Gasteiger partial charge on any atom is 0.111 e. The van der Waals surface area contributed by atoms with Crippen LogP contribution >= 0.6 is 0 Å². The highest BCUT2D eigenvalue weighted by atomic mass is 16.6. The lowest BCUT2D eigenvalue weighted by atomic mass is 9.48. The van der Waals surface area contributed by atoms with Gasteiger partial charge in [0, 0.05) is 5.41 Å². The van der Waals surface area contributed by atoms with Crippen LogP contribution in [0.25, 0.3) is 0 Å². The molecule has 5 rings (SSSR count). The molecule has 1 unspecified atom stereocenters. The Hall–Kier alpha value is -0.820. The molecule has 0 radical (unpaired) electrons. The molecule has 4 aliphatic carbocycles. The molecule has 7 atom stereocenters. The van der Waals surface area contributed by atoms with E-state index >= 15 is 0 Å². The Morgan fingerprint density at radius 1 is 1.18 bits per heavy atom. The summed E-state index contributed by atoms with van der Waals surface area (Å²) < 4.78 is 6.61. The first-order valence-electron chi connectivity index (χ1n) is 9.30. The summed E-state index contributed by atoms with van der Waals surface area (Å²) in [5.74, 6) is 2.52. The van der Waals surface area contributed by atoms with Crippen LogP contribution in [-0.4, -0.2) is 11.7 Å². The minimum atomic E-state index is 0.112. The van der Waals surface area contributed by atoms with Crippen molar-refractivity contribution in [1.82, 2.24) is 0 Å². The lowest BCUT2D eigenvalue weighted by molar-refractivity contribution is 0.00397. The standard InChI is InChI=1S/C21H28O/c1-4-14-8-10-16-17-11-9-15-7-5-6-12-20(15,3)21(17)18(22-21)13-19(14,16)2/h5-7,9,12,14,16-18H,4,8,10-11,13H2,1-3H3/t14-,16-,17-,18?,19+,20-,21-/m0/s1. The topological polar surface area (TPSA) is 12.5 Å². The summed E-state index contributed by atoms with van der Waals surface area (Å²) >= 11 is 0. The molecular formula is C21H28O. The third-order valence-electron chi connectivity index (χ3n) is 8.34. The van der Waals surface area contributed by atoms with Crippen LogP contribution in [0.3, 0.4) is 0 Å². The van der Waals surface area contributed by atoms with Crippen molar-refractivity contribution in [3.05, 3.63) is 36.0 Å². The molecule has 2 saturated carbocycles. The van der Waals surface area contributed by atoms with E-state index in [4.69, 9.17) is 4.74 Å². The van der Waals surface area contributed by atoms with E-state index < -0.39 is 0 Å². The lowest BCUT2D eigenvalue weighted by Gasteiger charge is -2.53. The van der Waals surface area contributed by atoms with Crippen molar-refractivity contribution in [3.8, 4) is 0 Å². The average Bonchev–Trinajstić information content (AvgIpc) is 3.12. The van der Waals surface area contributed by atoms with Gasteiger partial charge in [0.05, 0.1) is 6.10 Å². The van der Waals surface area contributed by atoms with Gasteiger partial charge in [0.25, 0.3) is 0 Å². The molecule has 0 aromatic rings. The van der Waals surface area contributed by atoms with Gasteiger partial charge in [0.1, 0.15) is 5.60 Å². The molecule has 1 heterocycles. The second kappa shape index (κ2) is 3.98. The molecule has 1 spiro atoms. The first-order valence-corrected chi connectivity index (χ1v) is 9.30. The molecule has 22 heavy (non-hydrogen) atoms. The Balaban J connectivity index is 1.61. The van der Waals surface area contributed by atoms with Gasteiger partial charge in [0.15, 0.2) is 0 Å². The Kier molecular flexibility index (Phi) is 2.46. The lowest BCUT2D eigenvalue weighted by Crippen LogP contribution is -2.55. The van der Waals surface area contributed by atoms with Gasteiger partial charge in [-0.05, 0) is 61.3 Å². The Labute approximate surface area is 134 Å². The smallest absolute Gasteiger partial charge is 0.111 e. The molecule has 0 amide bonds. The van der Waals surface area contributed by atoms with Gasteiger partial charge in [0.2, 0.25) is 0 Å². The molecule has 0 bridgehead atoms. The summed E-state index contributed by atoms with van der Waals surface area (Å²) in [6.45, 7) is 7.41. The van der Waals surface area contributed by atoms with E-state index in [9.17, 15) is 0 Å². The third-order valence-corrected chi connectivity index (χ3v) is 8.34. The summed E-state index contributed by atoms with van der Waals surface area (Å²) in [6, 6.07) is 0. The van der Waals surface area contributed by atoms with E-state index in [2.05, 4.69) is 51.2 Å². The first kappa shape index (κ1) is 13.6. The van der Waals surface area contributed by atoms with Crippen LogP contribution < -0.4 is 0 Å². The quantitative estimate of drug-likeness (QED) is 0.617. The van der Waals surface area contributed by atoms with E-state index in [0.29, 0.717) is 11.5 Å². The van der Waals surface area contributed by atoms with Crippen molar-refractivity contribution in [1.29, 1.82) is 0 Å². The molecular weight excluding hydrogens is 268 g/mol. The van der Waals surface area contributed by atoms with Gasteiger partial charge in [-0.25, -0.2) is 0 Å². The van der Waals surface area contributed by atoms with E-state index in [1.54, 1.807) is 0 Å². The zero-order valence-electron chi connectivity index (χ0n) is 14.1. The van der Waals surface area contributed by atoms with Crippen LogP contribution in [0.1, 0.15) is 52.9 Å². The molecule has 1 heteroatoms. The fraction of sp³-hybridized carbons (Fsp3) is 0.714. The molecule has 1 aliphatic heterocycles. The molecule has 1 saturated heterocycles. The Morgan fingerprint density at radius 3 is 2.86 bits per heavy atom. The van der Waals surface area contributed by atoms with Crippen molar-refractivity contribution in [2.45, 2.75) is 64.6 Å². The minimum absolute atomic E-state index is 0.112. The van der Waals surface area contributed by atoms with Crippen molar-refractivity contribution in [2.24, 2.45) is 28.6 Å². The number of allylic oxidation sites excluding steroid dienone is 4. The normalized spacial score (nSPS) is 57.5. The van der Waals surface area contributed by atoms with Gasteiger partial charge in [-0.3, -0.25) is 0 Å². The van der Waals surface area contributed by atoms with Crippen molar-refractivity contribution < 1.29 is 4.74 Å². The fourth-order valence-corrected chi connectivity index (χ4v) is 7.16. The molecule has 5 aliphatic rings. The molecule has 118 valence electrons. The molecule has 0 aromatic carbocycles. The molecule has 0 aromatic heterocycles. The van der Waals surface area contributed by atoms with Crippen LogP contribution in [-0.2, 0) is 4.74 Å². The number of epoxide rings is 1. The van der Waals surface area contributed by atoms with Crippen molar-refractivity contribution in [2.75, 3.05) is 0 Å². The van der Waals surface area contributed by atoms with Crippen LogP contribution in [0.2, 0.25) is 0 Å². The van der Waals surface area contributed by atoms with E-state index in [0.717, 1.165) is 17.8 Å². The van der Waals surface area contributed by atoms with Gasteiger partial charge >= 0.3 is 0 Å². The summed E-state index contributed by atoms with van der Waals surface area (Å²) in [7, 11) is 0. The SMILES string of the molecule is CC[C@H]1CC[C@H]2[C@@H]3CC=C4C=CC=C[C@]4(C)[C@]34OC4C[C@]12C. The monoisotopic (exact) mass is 296 g/mol. The number of ether oxygens (including phenoxy) is 1. The predicted octanol–water partition coefficient (Wildman–Crippen LogP) is 5.05. The highest BCUT2D eigenvalue weighted by molar-refractivity contribution is 5.48. The van der Waals surface area contributed by atoms with E-state index in [1.165, 1.54) is 37.7 Å². The second-order valence-electron chi connectivity index (χ2n) is 8.82. The second-order valence-corrected chi connectivity index (χ2v) is 8.82. The zero-order valence-corrected chi connectivity index (χ0v) is 14.1. The molecule has 0 N–H and O–H groups in total. The zero-order chi connectivity index (χ0) is 15.2. The summed E-state index contributed by atoms with van der Waals surface area (Å²) in [5, 5.41) is 0. The van der Waals surface area contributed by atoms with Gasteiger partial charge in [-0.15, -0.1) is 0 Å². The number of fused-ring (bicyclic) bond motifs is 3. The average molecular weight is 296 g/mol. The first-order chi connectivity index (χ1) is 10.6. The fourth-order valence-electron chi connectivity index (χ4n) is 7.16. The van der Waals surface area contributed by atoms with Crippen LogP contribution in [0, 0.1) is 28.6 Å². The summed E-state index contributed by atoms with van der Waals surface area (Å²) in [5.41, 5.74) is 2.26. The van der Waals surface area contributed by atoms with Crippen LogP contribution in [0.15, 0.2) is 36.0 Å². The van der Waals surface area contributed by atoms with Gasteiger partial charge in [-0.1, -0.05) is 50.6 Å². The number of hydrogen-bond donors (Lipinski definition) is 0. The summed E-state index contributed by atoms with van der Waals surface area (Å²) in [6.07, 6.45) is 19.0. The van der Waals surface area contributed by atoms with Crippen LogP contribution in [0.4, 0.5) is 0 Å². The van der Waals surface area contributed by atoms with E-state index in [-0.39, 0.29) is 11.0 Å². The van der Waals surface area contributed by atoms with Gasteiger partial charge < -0.3 is 4.74 Å².